The molecule has 0 fully saturated rings. The van der Waals surface area contributed by atoms with Crippen molar-refractivity contribution in [1.29, 1.82) is 0 Å². The van der Waals surface area contributed by atoms with E-state index in [1.165, 1.54) is 38.2 Å². The molecule has 1 aliphatic heterocycles. The molecule has 0 amide bonds. The Morgan fingerprint density at radius 1 is 1.11 bits per heavy atom. The number of rotatable bonds is 3. The van der Waals surface area contributed by atoms with Crippen LogP contribution < -0.4 is 0 Å². The van der Waals surface area contributed by atoms with Crippen LogP contribution in [0.2, 0.25) is 0 Å². The maximum atomic E-state index is 4.46. The number of para-hydroxylation sites is 1. The van der Waals surface area contributed by atoms with Gasteiger partial charge in [0, 0.05) is 40.8 Å². The molecule has 0 radical (unpaired) electrons. The summed E-state index contributed by atoms with van der Waals surface area (Å²) in [6.45, 7) is 6.31. The topological polar surface area (TPSA) is 31.9 Å². The van der Waals surface area contributed by atoms with E-state index in [9.17, 15) is 0 Å². The van der Waals surface area contributed by atoms with Crippen molar-refractivity contribution >= 4 is 22.2 Å². The zero-order valence-corrected chi connectivity index (χ0v) is 16.5. The molecule has 27 heavy (non-hydrogen) atoms. The van der Waals surface area contributed by atoms with E-state index >= 15 is 0 Å². The molecule has 2 aromatic heterocycles. The summed E-state index contributed by atoms with van der Waals surface area (Å²) in [5, 5.41) is 2.51. The van der Waals surface area contributed by atoms with Gasteiger partial charge in [0.2, 0.25) is 0 Å². The van der Waals surface area contributed by atoms with Crippen LogP contribution in [0.3, 0.4) is 0 Å². The lowest BCUT2D eigenvalue weighted by Crippen LogP contribution is -2.35. The Hall–Kier alpha value is -2.43. The average molecular weight is 374 g/mol. The number of nitrogens with zero attached hydrogens (tertiary/aromatic N) is 2. The molecule has 1 aliphatic rings. The molecule has 5 rings (SSSR count). The predicted molar refractivity (Wildman–Crippen MR) is 112 cm³/mol. The lowest BCUT2D eigenvalue weighted by molar-refractivity contribution is 0.203. The first kappa shape index (κ1) is 16.7. The molecular weight excluding hydrogens is 350 g/mol. The summed E-state index contributed by atoms with van der Waals surface area (Å²) < 4.78 is 0. The van der Waals surface area contributed by atoms with Gasteiger partial charge >= 0.3 is 0 Å². The number of benzene rings is 2. The average Bonchev–Trinajstić information content (AvgIpc) is 3.25. The normalized spacial score (nSPS) is 17.3. The first-order valence-electron chi connectivity index (χ1n) is 9.51. The molecule has 1 N–H and O–H groups in total. The molecule has 4 aromatic rings. The van der Waals surface area contributed by atoms with Crippen LogP contribution in [0.5, 0.6) is 0 Å². The van der Waals surface area contributed by atoms with Crippen molar-refractivity contribution in [3.05, 3.63) is 87.0 Å². The van der Waals surface area contributed by atoms with E-state index in [2.05, 4.69) is 77.2 Å². The summed E-state index contributed by atoms with van der Waals surface area (Å²) in [4.78, 5) is 12.2. The minimum absolute atomic E-state index is 0.254. The minimum Gasteiger partial charge on any atom is -0.357 e. The number of thiazole rings is 1. The van der Waals surface area contributed by atoms with E-state index in [4.69, 9.17) is 0 Å². The highest BCUT2D eigenvalue weighted by Gasteiger charge is 2.32. The third-order valence-corrected chi connectivity index (χ3v) is 6.54. The zero-order chi connectivity index (χ0) is 18.4. The molecule has 136 valence electrons. The number of hydrogen-bond donors (Lipinski definition) is 1. The molecule has 3 heterocycles. The van der Waals surface area contributed by atoms with Crippen LogP contribution in [0.4, 0.5) is 0 Å². The first-order valence-corrected chi connectivity index (χ1v) is 10.3. The molecule has 1 unspecified atom stereocenters. The SMILES string of the molecule is Cc1ncc(CN2CCc3c([nH]c4ccccc34)C2c2ccccc2C)s1. The Labute approximate surface area is 163 Å². The van der Waals surface area contributed by atoms with Gasteiger partial charge in [0.15, 0.2) is 0 Å². The van der Waals surface area contributed by atoms with Gasteiger partial charge in [-0.15, -0.1) is 11.3 Å². The third-order valence-electron chi connectivity index (χ3n) is 5.65. The summed E-state index contributed by atoms with van der Waals surface area (Å²) in [6.07, 6.45) is 3.12. The molecule has 0 saturated heterocycles. The van der Waals surface area contributed by atoms with Gasteiger partial charge in [-0.25, -0.2) is 4.98 Å². The van der Waals surface area contributed by atoms with E-state index in [1.54, 1.807) is 11.3 Å². The highest BCUT2D eigenvalue weighted by Crippen LogP contribution is 2.40. The summed E-state index contributed by atoms with van der Waals surface area (Å²) in [5.74, 6) is 0. The van der Waals surface area contributed by atoms with Crippen molar-refractivity contribution in [2.75, 3.05) is 6.54 Å². The molecule has 0 bridgehead atoms. The van der Waals surface area contributed by atoms with Crippen molar-refractivity contribution < 1.29 is 0 Å². The van der Waals surface area contributed by atoms with E-state index in [1.807, 2.05) is 6.20 Å². The highest BCUT2D eigenvalue weighted by atomic mass is 32.1. The second-order valence-corrected chi connectivity index (χ2v) is 8.71. The van der Waals surface area contributed by atoms with Crippen LogP contribution in [0, 0.1) is 13.8 Å². The van der Waals surface area contributed by atoms with Gasteiger partial charge in [-0.2, -0.15) is 0 Å². The number of fused-ring (bicyclic) bond motifs is 3. The molecule has 2 aromatic carbocycles. The molecule has 0 spiro atoms. The van der Waals surface area contributed by atoms with Gasteiger partial charge in [-0.05, 0) is 43.0 Å². The monoisotopic (exact) mass is 373 g/mol. The van der Waals surface area contributed by atoms with Gasteiger partial charge in [0.1, 0.15) is 0 Å². The number of aryl methyl sites for hydroxylation is 2. The fourth-order valence-corrected chi connectivity index (χ4v) is 5.21. The maximum Gasteiger partial charge on any atom is 0.0897 e. The second kappa shape index (κ2) is 6.63. The van der Waals surface area contributed by atoms with E-state index in [0.29, 0.717) is 0 Å². The van der Waals surface area contributed by atoms with Gasteiger partial charge < -0.3 is 4.98 Å². The van der Waals surface area contributed by atoms with Crippen molar-refractivity contribution in [3.8, 4) is 0 Å². The summed E-state index contributed by atoms with van der Waals surface area (Å²) in [5.41, 5.74) is 6.83. The van der Waals surface area contributed by atoms with Crippen molar-refractivity contribution in [2.24, 2.45) is 0 Å². The number of H-pyrrole nitrogens is 1. The van der Waals surface area contributed by atoms with Crippen molar-refractivity contribution in [2.45, 2.75) is 32.9 Å². The van der Waals surface area contributed by atoms with Crippen LogP contribution in [0.25, 0.3) is 10.9 Å². The molecule has 3 nitrogen and oxygen atoms in total. The van der Waals surface area contributed by atoms with E-state index in [-0.39, 0.29) is 6.04 Å². The van der Waals surface area contributed by atoms with Crippen molar-refractivity contribution in [1.82, 2.24) is 14.9 Å². The number of nitrogens with one attached hydrogen (secondary N) is 1. The quantitative estimate of drug-likeness (QED) is 0.522. The van der Waals surface area contributed by atoms with Gasteiger partial charge in [0.05, 0.1) is 11.0 Å². The molecule has 0 aliphatic carbocycles. The summed E-state index contributed by atoms with van der Waals surface area (Å²) in [7, 11) is 0. The number of aromatic amines is 1. The second-order valence-electron chi connectivity index (χ2n) is 7.39. The largest absolute Gasteiger partial charge is 0.357 e. The standard InChI is InChI=1S/C23H23N3S/c1-15-7-3-4-8-18(15)23-22-20(19-9-5-6-10-21(19)25-22)11-12-26(23)14-17-13-24-16(2)27-17/h3-10,13,23,25H,11-12,14H2,1-2H3. The Kier molecular flexibility index (Phi) is 4.10. The lowest BCUT2D eigenvalue weighted by atomic mass is 9.90. The highest BCUT2D eigenvalue weighted by molar-refractivity contribution is 7.11. The van der Waals surface area contributed by atoms with Crippen LogP contribution in [-0.4, -0.2) is 21.4 Å². The van der Waals surface area contributed by atoms with Gasteiger partial charge in [-0.1, -0.05) is 42.5 Å². The third kappa shape index (κ3) is 2.89. The Morgan fingerprint density at radius 2 is 1.93 bits per heavy atom. The van der Waals surface area contributed by atoms with E-state index < -0.39 is 0 Å². The maximum absolute atomic E-state index is 4.46. The molecular formula is C23H23N3S. The van der Waals surface area contributed by atoms with Gasteiger partial charge in [0.25, 0.3) is 0 Å². The summed E-state index contributed by atoms with van der Waals surface area (Å²) >= 11 is 1.81. The lowest BCUT2D eigenvalue weighted by Gasteiger charge is -2.36. The first-order chi connectivity index (χ1) is 13.2. The van der Waals surface area contributed by atoms with Crippen LogP contribution in [-0.2, 0) is 13.0 Å². The molecule has 1 atom stereocenters. The molecule has 4 heteroatoms. The van der Waals surface area contributed by atoms with E-state index in [0.717, 1.165) is 24.5 Å². The Bertz CT molecular complexity index is 1110. The fraction of sp³-hybridized carbons (Fsp3) is 0.261. The summed E-state index contributed by atoms with van der Waals surface area (Å²) in [6, 6.07) is 17.8. The number of aromatic nitrogens is 2. The predicted octanol–water partition coefficient (Wildman–Crippen LogP) is 5.39. The van der Waals surface area contributed by atoms with Gasteiger partial charge in [-0.3, -0.25) is 4.90 Å². The minimum atomic E-state index is 0.254. The van der Waals surface area contributed by atoms with Crippen LogP contribution >= 0.6 is 11.3 Å². The van der Waals surface area contributed by atoms with Crippen molar-refractivity contribution in [3.63, 3.8) is 0 Å². The van der Waals surface area contributed by atoms with Crippen LogP contribution in [0.1, 0.15) is 38.3 Å². The fourth-order valence-electron chi connectivity index (χ4n) is 4.39. The van der Waals surface area contributed by atoms with Crippen LogP contribution in [0.15, 0.2) is 54.7 Å². The molecule has 0 saturated carbocycles. The number of hydrogen-bond acceptors (Lipinski definition) is 3. The Balaban J connectivity index is 1.65. The zero-order valence-electron chi connectivity index (χ0n) is 15.7. The Morgan fingerprint density at radius 3 is 2.74 bits per heavy atom. The smallest absolute Gasteiger partial charge is 0.0897 e.